The van der Waals surface area contributed by atoms with Crippen LogP contribution in [-0.4, -0.2) is 48.3 Å². The molecule has 2 aromatic rings. The van der Waals surface area contributed by atoms with Crippen molar-refractivity contribution in [3.8, 4) is 10.6 Å². The Labute approximate surface area is 132 Å². The average Bonchev–Trinajstić information content (AvgIpc) is 2.96. The molecule has 116 valence electrons. The fraction of sp³-hybridized carbons (Fsp3) is 0.400. The van der Waals surface area contributed by atoms with E-state index in [1.54, 1.807) is 12.4 Å². The zero-order valence-corrected chi connectivity index (χ0v) is 13.1. The van der Waals surface area contributed by atoms with Crippen LogP contribution in [0.25, 0.3) is 10.6 Å². The Hall–Kier alpha value is -1.83. The first-order chi connectivity index (χ1) is 10.7. The van der Waals surface area contributed by atoms with Gasteiger partial charge in [0, 0.05) is 24.5 Å². The SMILES string of the molecule is Cc1nc(-c2cccnc2)sc1C(=O)NCC1COCCO1. The molecule has 0 saturated carbocycles. The van der Waals surface area contributed by atoms with E-state index in [-0.39, 0.29) is 12.0 Å². The van der Waals surface area contributed by atoms with Crippen LogP contribution in [0.1, 0.15) is 15.4 Å². The summed E-state index contributed by atoms with van der Waals surface area (Å²) in [7, 11) is 0. The Morgan fingerprint density at radius 1 is 1.50 bits per heavy atom. The van der Waals surface area contributed by atoms with E-state index in [1.165, 1.54) is 11.3 Å². The fourth-order valence-corrected chi connectivity index (χ4v) is 3.13. The molecular formula is C15H17N3O3S. The third-order valence-electron chi connectivity index (χ3n) is 3.29. The standard InChI is InChI=1S/C15H17N3O3S/c1-10-13(14(19)17-8-12-9-20-5-6-21-12)22-15(18-10)11-3-2-4-16-7-11/h2-4,7,12H,5-6,8-9H2,1H3,(H,17,19). The summed E-state index contributed by atoms with van der Waals surface area (Å²) in [6.45, 7) is 3.99. The maximum absolute atomic E-state index is 12.3. The molecule has 1 fully saturated rings. The predicted molar refractivity (Wildman–Crippen MR) is 83.0 cm³/mol. The molecule has 3 rings (SSSR count). The summed E-state index contributed by atoms with van der Waals surface area (Å²) >= 11 is 1.37. The van der Waals surface area contributed by atoms with E-state index in [0.717, 1.165) is 16.3 Å². The summed E-state index contributed by atoms with van der Waals surface area (Å²) in [5.74, 6) is -0.126. The van der Waals surface area contributed by atoms with Gasteiger partial charge < -0.3 is 14.8 Å². The highest BCUT2D eigenvalue weighted by Gasteiger charge is 2.19. The van der Waals surface area contributed by atoms with Crippen LogP contribution in [0.15, 0.2) is 24.5 Å². The Bertz CT molecular complexity index is 639. The van der Waals surface area contributed by atoms with Crippen LogP contribution in [-0.2, 0) is 9.47 Å². The summed E-state index contributed by atoms with van der Waals surface area (Å²) in [5, 5.41) is 3.68. The Morgan fingerprint density at radius 3 is 3.14 bits per heavy atom. The van der Waals surface area contributed by atoms with Gasteiger partial charge in [0.1, 0.15) is 9.88 Å². The van der Waals surface area contributed by atoms with Crippen molar-refractivity contribution >= 4 is 17.2 Å². The molecule has 0 spiro atoms. The van der Waals surface area contributed by atoms with Gasteiger partial charge in [-0.25, -0.2) is 4.98 Å². The van der Waals surface area contributed by atoms with Gasteiger partial charge in [0.2, 0.25) is 0 Å². The highest BCUT2D eigenvalue weighted by molar-refractivity contribution is 7.17. The molecule has 1 N–H and O–H groups in total. The normalized spacial score (nSPS) is 18.1. The van der Waals surface area contributed by atoms with Gasteiger partial charge in [-0.3, -0.25) is 9.78 Å². The maximum atomic E-state index is 12.3. The highest BCUT2D eigenvalue weighted by Crippen LogP contribution is 2.27. The van der Waals surface area contributed by atoms with E-state index in [1.807, 2.05) is 19.1 Å². The number of ether oxygens (including phenoxy) is 2. The van der Waals surface area contributed by atoms with Crippen molar-refractivity contribution in [3.05, 3.63) is 35.1 Å². The second kappa shape index (κ2) is 6.95. The Morgan fingerprint density at radius 2 is 2.41 bits per heavy atom. The number of aryl methyl sites for hydroxylation is 1. The fourth-order valence-electron chi connectivity index (χ4n) is 2.16. The van der Waals surface area contributed by atoms with Crippen molar-refractivity contribution in [2.24, 2.45) is 0 Å². The van der Waals surface area contributed by atoms with Crippen LogP contribution in [0.2, 0.25) is 0 Å². The smallest absolute Gasteiger partial charge is 0.263 e. The van der Waals surface area contributed by atoms with E-state index in [2.05, 4.69) is 15.3 Å². The van der Waals surface area contributed by atoms with Gasteiger partial charge in [-0.2, -0.15) is 0 Å². The van der Waals surface area contributed by atoms with Crippen molar-refractivity contribution in [2.45, 2.75) is 13.0 Å². The minimum Gasteiger partial charge on any atom is -0.376 e. The van der Waals surface area contributed by atoms with Crippen LogP contribution in [0.5, 0.6) is 0 Å². The Kier molecular flexibility index (Phi) is 4.77. The van der Waals surface area contributed by atoms with E-state index in [4.69, 9.17) is 9.47 Å². The minimum atomic E-state index is -0.126. The summed E-state index contributed by atoms with van der Waals surface area (Å²) in [5.41, 5.74) is 1.64. The molecular weight excluding hydrogens is 302 g/mol. The van der Waals surface area contributed by atoms with E-state index < -0.39 is 0 Å². The number of nitrogens with zero attached hydrogens (tertiary/aromatic N) is 2. The molecule has 0 bridgehead atoms. The minimum absolute atomic E-state index is 0.0799. The van der Waals surface area contributed by atoms with Crippen LogP contribution in [0.4, 0.5) is 0 Å². The third-order valence-corrected chi connectivity index (χ3v) is 4.49. The van der Waals surface area contributed by atoms with Crippen molar-refractivity contribution in [2.75, 3.05) is 26.4 Å². The first kappa shape index (κ1) is 15.1. The number of carbonyl (C=O) groups is 1. The number of pyridine rings is 1. The molecule has 1 atom stereocenters. The molecule has 7 heteroatoms. The topological polar surface area (TPSA) is 73.3 Å². The summed E-state index contributed by atoms with van der Waals surface area (Å²) in [4.78, 5) is 21.5. The molecule has 1 saturated heterocycles. The predicted octanol–water partition coefficient (Wildman–Crippen LogP) is 1.66. The molecule has 0 aliphatic carbocycles. The number of hydrogen-bond acceptors (Lipinski definition) is 6. The number of thiazole rings is 1. The number of hydrogen-bond donors (Lipinski definition) is 1. The monoisotopic (exact) mass is 319 g/mol. The first-order valence-corrected chi connectivity index (χ1v) is 7.91. The van der Waals surface area contributed by atoms with Gasteiger partial charge in [-0.1, -0.05) is 0 Å². The molecule has 6 nitrogen and oxygen atoms in total. The van der Waals surface area contributed by atoms with Gasteiger partial charge in [0.05, 0.1) is 31.6 Å². The molecule has 1 aliphatic heterocycles. The molecule has 1 aliphatic rings. The summed E-state index contributed by atoms with van der Waals surface area (Å²) in [6, 6.07) is 3.78. The van der Waals surface area contributed by atoms with E-state index in [0.29, 0.717) is 31.2 Å². The zero-order chi connectivity index (χ0) is 15.4. The molecule has 1 unspecified atom stereocenters. The molecule has 3 heterocycles. The lowest BCUT2D eigenvalue weighted by Crippen LogP contribution is -2.39. The van der Waals surface area contributed by atoms with Gasteiger partial charge >= 0.3 is 0 Å². The maximum Gasteiger partial charge on any atom is 0.263 e. The van der Waals surface area contributed by atoms with Crippen LogP contribution < -0.4 is 5.32 Å². The second-order valence-electron chi connectivity index (χ2n) is 4.95. The van der Waals surface area contributed by atoms with Crippen LogP contribution >= 0.6 is 11.3 Å². The summed E-state index contributed by atoms with van der Waals surface area (Å²) in [6.07, 6.45) is 3.38. The molecule has 0 radical (unpaired) electrons. The van der Waals surface area contributed by atoms with Gasteiger partial charge in [-0.15, -0.1) is 11.3 Å². The van der Waals surface area contributed by atoms with Crippen molar-refractivity contribution in [1.29, 1.82) is 0 Å². The van der Waals surface area contributed by atoms with Gasteiger partial charge in [0.25, 0.3) is 5.91 Å². The van der Waals surface area contributed by atoms with Crippen LogP contribution in [0, 0.1) is 6.92 Å². The van der Waals surface area contributed by atoms with Crippen molar-refractivity contribution in [1.82, 2.24) is 15.3 Å². The largest absolute Gasteiger partial charge is 0.376 e. The molecule has 1 amide bonds. The van der Waals surface area contributed by atoms with Crippen LogP contribution in [0.3, 0.4) is 0 Å². The van der Waals surface area contributed by atoms with Crippen molar-refractivity contribution in [3.63, 3.8) is 0 Å². The van der Waals surface area contributed by atoms with Gasteiger partial charge in [0.15, 0.2) is 0 Å². The molecule has 0 aromatic carbocycles. The third kappa shape index (κ3) is 3.49. The average molecular weight is 319 g/mol. The number of rotatable bonds is 4. The second-order valence-corrected chi connectivity index (χ2v) is 5.95. The zero-order valence-electron chi connectivity index (χ0n) is 12.2. The Balaban J connectivity index is 1.66. The molecule has 2 aromatic heterocycles. The highest BCUT2D eigenvalue weighted by atomic mass is 32.1. The van der Waals surface area contributed by atoms with E-state index in [9.17, 15) is 4.79 Å². The lowest BCUT2D eigenvalue weighted by atomic mass is 10.3. The first-order valence-electron chi connectivity index (χ1n) is 7.09. The van der Waals surface area contributed by atoms with Crippen molar-refractivity contribution < 1.29 is 14.3 Å². The lowest BCUT2D eigenvalue weighted by Gasteiger charge is -2.22. The number of nitrogens with one attached hydrogen (secondary N) is 1. The number of carbonyl (C=O) groups excluding carboxylic acids is 1. The molecule has 22 heavy (non-hydrogen) atoms. The van der Waals surface area contributed by atoms with Gasteiger partial charge in [-0.05, 0) is 19.1 Å². The quantitative estimate of drug-likeness (QED) is 0.928. The number of amides is 1. The number of aromatic nitrogens is 2. The summed E-state index contributed by atoms with van der Waals surface area (Å²) < 4.78 is 10.8. The van der Waals surface area contributed by atoms with E-state index >= 15 is 0 Å². The lowest BCUT2D eigenvalue weighted by molar-refractivity contribution is -0.0855.